The predicted octanol–water partition coefficient (Wildman–Crippen LogP) is 1.08. The highest BCUT2D eigenvalue weighted by atomic mass is 16.5. The zero-order valence-electron chi connectivity index (χ0n) is 11.0. The van der Waals surface area contributed by atoms with Gasteiger partial charge in [-0.2, -0.15) is 5.10 Å². The summed E-state index contributed by atoms with van der Waals surface area (Å²) in [5.41, 5.74) is 7.35. The van der Waals surface area contributed by atoms with Crippen molar-refractivity contribution >= 4 is 17.3 Å². The quantitative estimate of drug-likeness (QED) is 0.739. The highest BCUT2D eigenvalue weighted by Gasteiger charge is 2.19. The van der Waals surface area contributed by atoms with Crippen LogP contribution in [0.25, 0.3) is 16.8 Å². The van der Waals surface area contributed by atoms with E-state index >= 15 is 0 Å². The fraction of sp³-hybridized carbons (Fsp3) is 0.0769. The summed E-state index contributed by atoms with van der Waals surface area (Å²) in [4.78, 5) is 19.2. The van der Waals surface area contributed by atoms with E-state index in [9.17, 15) is 9.90 Å². The Bertz CT molecular complexity index is 843. The van der Waals surface area contributed by atoms with Gasteiger partial charge in [0, 0.05) is 17.8 Å². The topological polar surface area (TPSA) is 116 Å². The van der Waals surface area contributed by atoms with E-state index in [4.69, 9.17) is 10.5 Å². The van der Waals surface area contributed by atoms with Gasteiger partial charge in [-0.25, -0.2) is 19.3 Å². The molecule has 3 heterocycles. The summed E-state index contributed by atoms with van der Waals surface area (Å²) in [6.07, 6.45) is 2.84. The van der Waals surface area contributed by atoms with Crippen LogP contribution < -0.4 is 10.5 Å². The molecule has 0 fully saturated rings. The largest absolute Gasteiger partial charge is 0.481 e. The number of nitrogens with two attached hydrogens (primary N) is 1. The third-order valence-electron chi connectivity index (χ3n) is 3.05. The first-order valence-electron chi connectivity index (χ1n) is 5.97. The Kier molecular flexibility index (Phi) is 2.90. The van der Waals surface area contributed by atoms with Crippen LogP contribution in [0, 0.1) is 0 Å². The lowest BCUT2D eigenvalue weighted by molar-refractivity contribution is 0.0699. The van der Waals surface area contributed by atoms with Gasteiger partial charge in [-0.05, 0) is 12.1 Å². The molecule has 0 unspecified atom stereocenters. The predicted molar refractivity (Wildman–Crippen MR) is 74.1 cm³/mol. The number of hydrogen-bond donors (Lipinski definition) is 2. The molecular formula is C13H11N5O3. The molecule has 0 spiro atoms. The summed E-state index contributed by atoms with van der Waals surface area (Å²) in [6, 6.07) is 4.91. The number of carbonyl (C=O) groups is 1. The number of aromatic nitrogens is 4. The third kappa shape index (κ3) is 2.02. The number of hydrogen-bond acceptors (Lipinski definition) is 6. The van der Waals surface area contributed by atoms with Crippen molar-refractivity contribution in [2.75, 3.05) is 12.8 Å². The average Bonchev–Trinajstić information content (AvgIpc) is 2.88. The van der Waals surface area contributed by atoms with Crippen molar-refractivity contribution in [3.8, 4) is 17.1 Å². The average molecular weight is 285 g/mol. The van der Waals surface area contributed by atoms with Gasteiger partial charge in [0.1, 0.15) is 11.8 Å². The minimum Gasteiger partial charge on any atom is -0.481 e. The van der Waals surface area contributed by atoms with Crippen LogP contribution in [0.5, 0.6) is 5.88 Å². The number of pyridine rings is 1. The van der Waals surface area contributed by atoms with Gasteiger partial charge in [-0.3, -0.25) is 0 Å². The lowest BCUT2D eigenvalue weighted by Crippen LogP contribution is -2.03. The van der Waals surface area contributed by atoms with Crippen LogP contribution >= 0.6 is 0 Å². The van der Waals surface area contributed by atoms with E-state index in [1.807, 2.05) is 0 Å². The molecule has 8 nitrogen and oxygen atoms in total. The summed E-state index contributed by atoms with van der Waals surface area (Å²) < 4.78 is 6.52. The highest BCUT2D eigenvalue weighted by molar-refractivity contribution is 6.01. The van der Waals surface area contributed by atoms with E-state index in [0.717, 1.165) is 0 Å². The zero-order chi connectivity index (χ0) is 15.0. The maximum absolute atomic E-state index is 11.4. The molecule has 0 aliphatic rings. The molecule has 0 aliphatic heterocycles. The monoisotopic (exact) mass is 285 g/mol. The number of aromatic carboxylic acids is 1. The molecule has 0 radical (unpaired) electrons. The molecule has 0 saturated carbocycles. The summed E-state index contributed by atoms with van der Waals surface area (Å²) in [5, 5.41) is 13.4. The number of methoxy groups -OCH3 is 1. The van der Waals surface area contributed by atoms with Crippen molar-refractivity contribution in [1.82, 2.24) is 19.6 Å². The van der Waals surface area contributed by atoms with Crippen LogP contribution in [0.15, 0.2) is 30.7 Å². The van der Waals surface area contributed by atoms with Crippen LogP contribution in [0.1, 0.15) is 10.4 Å². The fourth-order valence-electron chi connectivity index (χ4n) is 2.12. The number of anilines is 1. The second-order valence-electron chi connectivity index (χ2n) is 4.24. The van der Waals surface area contributed by atoms with Gasteiger partial charge in [0.25, 0.3) is 0 Å². The Balaban J connectivity index is 2.33. The number of rotatable bonds is 3. The molecule has 0 bridgehead atoms. The van der Waals surface area contributed by atoms with Crippen molar-refractivity contribution < 1.29 is 14.6 Å². The maximum atomic E-state index is 11.4. The molecule has 0 aromatic carbocycles. The SMILES string of the molecule is COc1cc(-c2cc(C(=O)O)c3c(N)ncnn23)ccn1. The Morgan fingerprint density at radius 3 is 2.90 bits per heavy atom. The summed E-state index contributed by atoms with van der Waals surface area (Å²) in [5.74, 6) is -0.572. The lowest BCUT2D eigenvalue weighted by Gasteiger charge is -2.04. The van der Waals surface area contributed by atoms with Crippen LogP contribution in [0.3, 0.4) is 0 Å². The Morgan fingerprint density at radius 2 is 2.19 bits per heavy atom. The minimum atomic E-state index is -1.10. The number of carboxylic acid groups (broad SMARTS) is 1. The van der Waals surface area contributed by atoms with Crippen LogP contribution in [0.4, 0.5) is 5.82 Å². The molecule has 106 valence electrons. The summed E-state index contributed by atoms with van der Waals surface area (Å²) in [6.45, 7) is 0. The fourth-order valence-corrected chi connectivity index (χ4v) is 2.12. The first-order valence-corrected chi connectivity index (χ1v) is 5.97. The van der Waals surface area contributed by atoms with E-state index in [-0.39, 0.29) is 16.9 Å². The second-order valence-corrected chi connectivity index (χ2v) is 4.24. The normalized spacial score (nSPS) is 10.7. The first kappa shape index (κ1) is 12.9. The van der Waals surface area contributed by atoms with Gasteiger partial charge < -0.3 is 15.6 Å². The van der Waals surface area contributed by atoms with Gasteiger partial charge in [0.05, 0.1) is 18.4 Å². The molecule has 0 atom stereocenters. The van der Waals surface area contributed by atoms with Crippen LogP contribution in [-0.4, -0.2) is 37.8 Å². The van der Waals surface area contributed by atoms with E-state index in [0.29, 0.717) is 17.1 Å². The number of nitrogens with zero attached hydrogens (tertiary/aromatic N) is 4. The number of carboxylic acids is 1. The Labute approximate surface area is 118 Å². The van der Waals surface area contributed by atoms with Crippen molar-refractivity contribution in [3.63, 3.8) is 0 Å². The van der Waals surface area contributed by atoms with E-state index < -0.39 is 5.97 Å². The number of nitrogen functional groups attached to an aromatic ring is 1. The molecule has 21 heavy (non-hydrogen) atoms. The highest BCUT2D eigenvalue weighted by Crippen LogP contribution is 2.28. The van der Waals surface area contributed by atoms with E-state index in [1.54, 1.807) is 18.3 Å². The first-order chi connectivity index (χ1) is 10.1. The molecule has 3 N–H and O–H groups in total. The van der Waals surface area contributed by atoms with Crippen molar-refractivity contribution in [1.29, 1.82) is 0 Å². The number of fused-ring (bicyclic) bond motifs is 1. The summed E-state index contributed by atoms with van der Waals surface area (Å²) >= 11 is 0. The van der Waals surface area contributed by atoms with Gasteiger partial charge >= 0.3 is 5.97 Å². The van der Waals surface area contributed by atoms with Crippen molar-refractivity contribution in [3.05, 3.63) is 36.3 Å². The molecule has 3 rings (SSSR count). The smallest absolute Gasteiger partial charge is 0.338 e. The minimum absolute atomic E-state index is 0.0406. The maximum Gasteiger partial charge on any atom is 0.338 e. The molecule has 0 aliphatic carbocycles. The molecule has 3 aromatic heterocycles. The van der Waals surface area contributed by atoms with E-state index in [1.165, 1.54) is 24.0 Å². The Hall–Kier alpha value is -3.16. The molecule has 3 aromatic rings. The van der Waals surface area contributed by atoms with Crippen LogP contribution in [0.2, 0.25) is 0 Å². The lowest BCUT2D eigenvalue weighted by atomic mass is 10.2. The van der Waals surface area contributed by atoms with E-state index in [2.05, 4.69) is 15.1 Å². The van der Waals surface area contributed by atoms with Gasteiger partial charge in [-0.15, -0.1) is 0 Å². The van der Waals surface area contributed by atoms with Gasteiger partial charge in [-0.1, -0.05) is 0 Å². The third-order valence-corrected chi connectivity index (χ3v) is 3.05. The van der Waals surface area contributed by atoms with Crippen molar-refractivity contribution in [2.24, 2.45) is 0 Å². The molecule has 0 saturated heterocycles. The summed E-state index contributed by atoms with van der Waals surface area (Å²) in [7, 11) is 1.51. The van der Waals surface area contributed by atoms with Crippen molar-refractivity contribution in [2.45, 2.75) is 0 Å². The molecule has 8 heteroatoms. The zero-order valence-corrected chi connectivity index (χ0v) is 11.0. The standard InChI is InChI=1S/C13H11N5O3/c1-21-10-4-7(2-3-15-10)9-5-8(13(19)20)11-12(14)16-6-17-18(9)11/h2-6H,1H3,(H,19,20)(H2,14,16,17). The second kappa shape index (κ2) is 4.75. The number of ether oxygens (including phenoxy) is 1. The van der Waals surface area contributed by atoms with Gasteiger partial charge in [0.2, 0.25) is 5.88 Å². The Morgan fingerprint density at radius 1 is 1.38 bits per heavy atom. The van der Waals surface area contributed by atoms with Gasteiger partial charge in [0.15, 0.2) is 5.82 Å². The molecular weight excluding hydrogens is 274 g/mol. The molecule has 0 amide bonds. The van der Waals surface area contributed by atoms with Crippen LogP contribution in [-0.2, 0) is 0 Å².